The van der Waals surface area contributed by atoms with Gasteiger partial charge in [-0.2, -0.15) is 0 Å². The summed E-state index contributed by atoms with van der Waals surface area (Å²) >= 11 is 0. The van der Waals surface area contributed by atoms with E-state index in [1.54, 1.807) is 0 Å². The van der Waals surface area contributed by atoms with E-state index in [0.717, 1.165) is 21.6 Å². The van der Waals surface area contributed by atoms with Crippen LogP contribution in [0.4, 0.5) is 4.79 Å². The van der Waals surface area contributed by atoms with Gasteiger partial charge in [-0.1, -0.05) is 72.8 Å². The standard InChI is InChI=1S/C25H22N2O5/c28-23(16-31-21-13-11-19(12-14-21)18-7-3-1-4-8-18)26-22(20-9-5-2-6-10-20)15-27-24(29)17-32-25(27)30/h1-14,22H,15-17H2,(H,26,28). The van der Waals surface area contributed by atoms with E-state index in [9.17, 15) is 14.4 Å². The SMILES string of the molecule is O=C(COc1ccc(-c2ccccc2)cc1)NC(CN1C(=O)COC1=O)c1ccccc1. The third kappa shape index (κ3) is 5.13. The summed E-state index contributed by atoms with van der Waals surface area (Å²) in [5.74, 6) is -0.236. The Morgan fingerprint density at radius 3 is 2.16 bits per heavy atom. The van der Waals surface area contributed by atoms with Gasteiger partial charge in [0, 0.05) is 0 Å². The molecule has 7 heteroatoms. The maximum atomic E-state index is 12.6. The van der Waals surface area contributed by atoms with E-state index in [-0.39, 0.29) is 25.7 Å². The monoisotopic (exact) mass is 430 g/mol. The van der Waals surface area contributed by atoms with Crippen molar-refractivity contribution < 1.29 is 23.9 Å². The van der Waals surface area contributed by atoms with Gasteiger partial charge in [0.05, 0.1) is 12.6 Å². The molecule has 0 bridgehead atoms. The number of benzene rings is 3. The molecule has 3 aromatic rings. The zero-order chi connectivity index (χ0) is 22.3. The number of cyclic esters (lactones) is 1. The zero-order valence-corrected chi connectivity index (χ0v) is 17.3. The van der Waals surface area contributed by atoms with Crippen molar-refractivity contribution in [1.82, 2.24) is 10.2 Å². The van der Waals surface area contributed by atoms with E-state index in [1.165, 1.54) is 0 Å². The van der Waals surface area contributed by atoms with Gasteiger partial charge in [-0.05, 0) is 28.8 Å². The van der Waals surface area contributed by atoms with E-state index in [2.05, 4.69) is 5.32 Å². The van der Waals surface area contributed by atoms with E-state index in [0.29, 0.717) is 5.75 Å². The lowest BCUT2D eigenvalue weighted by Crippen LogP contribution is -2.41. The van der Waals surface area contributed by atoms with Gasteiger partial charge in [0.1, 0.15) is 5.75 Å². The number of carbonyl (C=O) groups excluding carboxylic acids is 3. The first-order valence-corrected chi connectivity index (χ1v) is 10.2. The van der Waals surface area contributed by atoms with Crippen molar-refractivity contribution in [3.63, 3.8) is 0 Å². The lowest BCUT2D eigenvalue weighted by Gasteiger charge is -2.22. The molecule has 1 atom stereocenters. The van der Waals surface area contributed by atoms with Crippen LogP contribution in [0.5, 0.6) is 5.75 Å². The van der Waals surface area contributed by atoms with Gasteiger partial charge in [-0.15, -0.1) is 0 Å². The Labute approximate surface area is 185 Å². The van der Waals surface area contributed by atoms with Gasteiger partial charge in [0.25, 0.3) is 11.8 Å². The first-order valence-electron chi connectivity index (χ1n) is 10.2. The molecule has 3 aromatic carbocycles. The smallest absolute Gasteiger partial charge is 0.417 e. The second-order valence-corrected chi connectivity index (χ2v) is 7.27. The van der Waals surface area contributed by atoms with Crippen LogP contribution in [0, 0.1) is 0 Å². The summed E-state index contributed by atoms with van der Waals surface area (Å²) in [5, 5.41) is 2.84. The fraction of sp³-hybridized carbons (Fsp3) is 0.160. The molecule has 1 aliphatic rings. The average molecular weight is 430 g/mol. The molecule has 0 aliphatic carbocycles. The van der Waals surface area contributed by atoms with Crippen LogP contribution in [0.2, 0.25) is 0 Å². The van der Waals surface area contributed by atoms with Gasteiger partial charge in [0.15, 0.2) is 13.2 Å². The molecule has 7 nitrogen and oxygen atoms in total. The predicted octanol–water partition coefficient (Wildman–Crippen LogP) is 3.57. The minimum Gasteiger partial charge on any atom is -0.484 e. The summed E-state index contributed by atoms with van der Waals surface area (Å²) in [4.78, 5) is 37.3. The molecule has 0 radical (unpaired) electrons. The molecule has 1 fully saturated rings. The summed E-state index contributed by atoms with van der Waals surface area (Å²) in [5.41, 5.74) is 2.91. The molecule has 4 rings (SSSR count). The highest BCUT2D eigenvalue weighted by Gasteiger charge is 2.33. The average Bonchev–Trinajstić information content (AvgIpc) is 3.16. The highest BCUT2D eigenvalue weighted by atomic mass is 16.6. The second kappa shape index (κ2) is 9.78. The molecule has 162 valence electrons. The van der Waals surface area contributed by atoms with Gasteiger partial charge in [-0.25, -0.2) is 9.69 Å². The fourth-order valence-corrected chi connectivity index (χ4v) is 3.42. The number of nitrogens with one attached hydrogen (secondary N) is 1. The Balaban J connectivity index is 1.38. The number of hydrogen-bond donors (Lipinski definition) is 1. The van der Waals surface area contributed by atoms with Crippen LogP contribution in [0.1, 0.15) is 11.6 Å². The number of rotatable bonds is 8. The van der Waals surface area contributed by atoms with Crippen molar-refractivity contribution in [2.45, 2.75) is 6.04 Å². The van der Waals surface area contributed by atoms with Gasteiger partial charge in [-0.3, -0.25) is 9.59 Å². The van der Waals surface area contributed by atoms with Gasteiger partial charge >= 0.3 is 6.09 Å². The minimum atomic E-state index is -0.708. The number of imide groups is 1. The van der Waals surface area contributed by atoms with E-state index >= 15 is 0 Å². The van der Waals surface area contributed by atoms with Crippen LogP contribution in [0.15, 0.2) is 84.9 Å². The molecule has 1 unspecified atom stereocenters. The molecule has 3 amide bonds. The first-order chi connectivity index (χ1) is 15.6. The zero-order valence-electron chi connectivity index (χ0n) is 17.3. The molecule has 32 heavy (non-hydrogen) atoms. The van der Waals surface area contributed by atoms with Crippen LogP contribution >= 0.6 is 0 Å². The van der Waals surface area contributed by atoms with Crippen LogP contribution in [0.25, 0.3) is 11.1 Å². The van der Waals surface area contributed by atoms with Crippen LogP contribution < -0.4 is 10.1 Å². The summed E-state index contributed by atoms with van der Waals surface area (Å²) in [6.07, 6.45) is -0.708. The van der Waals surface area contributed by atoms with Crippen LogP contribution in [0.3, 0.4) is 0 Å². The molecule has 1 aliphatic heterocycles. The van der Waals surface area contributed by atoms with Gasteiger partial charge < -0.3 is 14.8 Å². The molecule has 1 saturated heterocycles. The lowest BCUT2D eigenvalue weighted by atomic mass is 10.1. The number of ether oxygens (including phenoxy) is 2. The highest BCUT2D eigenvalue weighted by Crippen LogP contribution is 2.22. The van der Waals surface area contributed by atoms with E-state index in [1.807, 2.05) is 84.9 Å². The van der Waals surface area contributed by atoms with Crippen molar-refractivity contribution in [1.29, 1.82) is 0 Å². The van der Waals surface area contributed by atoms with E-state index < -0.39 is 18.0 Å². The maximum absolute atomic E-state index is 12.6. The Morgan fingerprint density at radius 2 is 1.53 bits per heavy atom. The Bertz CT molecular complexity index is 1070. The topological polar surface area (TPSA) is 84.9 Å². The number of carbonyl (C=O) groups is 3. The highest BCUT2D eigenvalue weighted by molar-refractivity contribution is 5.97. The third-order valence-electron chi connectivity index (χ3n) is 5.07. The Kier molecular flexibility index (Phi) is 6.46. The molecule has 0 spiro atoms. The second-order valence-electron chi connectivity index (χ2n) is 7.27. The molecular formula is C25H22N2O5. The summed E-state index contributed by atoms with van der Waals surface area (Å²) in [7, 11) is 0. The molecule has 1 N–H and O–H groups in total. The fourth-order valence-electron chi connectivity index (χ4n) is 3.42. The molecular weight excluding hydrogens is 408 g/mol. The number of hydrogen-bond acceptors (Lipinski definition) is 5. The quantitative estimate of drug-likeness (QED) is 0.591. The summed E-state index contributed by atoms with van der Waals surface area (Å²) < 4.78 is 10.4. The van der Waals surface area contributed by atoms with Crippen molar-refractivity contribution in [2.75, 3.05) is 19.8 Å². The Morgan fingerprint density at radius 1 is 0.906 bits per heavy atom. The van der Waals surface area contributed by atoms with Crippen molar-refractivity contribution >= 4 is 17.9 Å². The van der Waals surface area contributed by atoms with E-state index in [4.69, 9.17) is 9.47 Å². The van der Waals surface area contributed by atoms with Crippen LogP contribution in [-0.4, -0.2) is 42.6 Å². The minimum absolute atomic E-state index is 0.0147. The van der Waals surface area contributed by atoms with Gasteiger partial charge in [0.2, 0.25) is 0 Å². The molecule has 1 heterocycles. The van der Waals surface area contributed by atoms with Crippen LogP contribution in [-0.2, 0) is 14.3 Å². The maximum Gasteiger partial charge on any atom is 0.417 e. The normalized spacial score (nSPS) is 14.1. The first kappa shape index (κ1) is 21.1. The Hall–Kier alpha value is -4.13. The molecule has 0 saturated carbocycles. The molecule has 0 aromatic heterocycles. The number of nitrogens with zero attached hydrogens (tertiary/aromatic N) is 1. The van der Waals surface area contributed by atoms with Crippen molar-refractivity contribution in [2.24, 2.45) is 0 Å². The predicted molar refractivity (Wildman–Crippen MR) is 118 cm³/mol. The number of amides is 3. The summed E-state index contributed by atoms with van der Waals surface area (Å²) in [6.45, 7) is -0.498. The van der Waals surface area contributed by atoms with Crippen molar-refractivity contribution in [3.05, 3.63) is 90.5 Å². The third-order valence-corrected chi connectivity index (χ3v) is 5.07. The lowest BCUT2D eigenvalue weighted by molar-refractivity contribution is -0.128. The summed E-state index contributed by atoms with van der Waals surface area (Å²) in [6, 6.07) is 26.0. The van der Waals surface area contributed by atoms with Crippen molar-refractivity contribution in [3.8, 4) is 16.9 Å². The largest absolute Gasteiger partial charge is 0.484 e.